The number of benzene rings is 2. The molecule has 0 bridgehead atoms. The molecule has 1 fully saturated rings. The van der Waals surface area contributed by atoms with Gasteiger partial charge in [-0.3, -0.25) is 0 Å². The Hall–Kier alpha value is -2.36. The minimum Gasteiger partial charge on any atom is -0.400 e. The molecule has 164 valence electrons. The Balaban J connectivity index is 0.000000262. The molecule has 0 atom stereocenters. The van der Waals surface area contributed by atoms with Gasteiger partial charge in [-0.25, -0.2) is 0 Å². The average Bonchev–Trinajstić information content (AvgIpc) is 2.96. The Bertz CT molecular complexity index is 809. The summed E-state index contributed by atoms with van der Waals surface area (Å²) in [4.78, 5) is 0. The van der Waals surface area contributed by atoms with Gasteiger partial charge < -0.3 is 18.8 Å². The zero-order valence-corrected chi connectivity index (χ0v) is 19.0. The Morgan fingerprint density at radius 2 is 1.32 bits per heavy atom. The summed E-state index contributed by atoms with van der Waals surface area (Å²) in [7, 11) is -0.291. The van der Waals surface area contributed by atoms with Gasteiger partial charge in [-0.05, 0) is 38.8 Å². The molecule has 1 saturated heterocycles. The minimum atomic E-state index is -0.291. The Morgan fingerprint density at radius 3 is 1.81 bits per heavy atom. The van der Waals surface area contributed by atoms with E-state index in [9.17, 15) is 0 Å². The highest BCUT2D eigenvalue weighted by atomic mass is 16.7. The predicted octanol–water partition coefficient (Wildman–Crippen LogP) is 5.23. The highest BCUT2D eigenvalue weighted by Gasteiger charge is 2.49. The standard InChI is InChI=1S/C16H23BO3.C10H10O/c1-15(2)16(3,4)20-17(19-15)11-8-12-18-13-14-9-6-5-7-10-14;1-2-8-11-9-10-6-4-3-5-7-10/h5-11H,12-13H2,1-4H3;1,3-7H,8-9H2/b11-8+;. The van der Waals surface area contributed by atoms with E-state index in [0.29, 0.717) is 26.4 Å². The van der Waals surface area contributed by atoms with Crippen LogP contribution in [-0.2, 0) is 32.0 Å². The van der Waals surface area contributed by atoms with Crippen LogP contribution in [-0.4, -0.2) is 31.5 Å². The molecule has 3 rings (SSSR count). The normalized spacial score (nSPS) is 16.5. The van der Waals surface area contributed by atoms with Crippen molar-refractivity contribution in [2.24, 2.45) is 0 Å². The average molecular weight is 420 g/mol. The van der Waals surface area contributed by atoms with E-state index in [0.717, 1.165) is 5.56 Å². The van der Waals surface area contributed by atoms with Crippen LogP contribution in [0.1, 0.15) is 38.8 Å². The first-order valence-electron chi connectivity index (χ1n) is 10.5. The van der Waals surface area contributed by atoms with Gasteiger partial charge in [-0.2, -0.15) is 0 Å². The van der Waals surface area contributed by atoms with Crippen molar-refractivity contribution in [3.8, 4) is 12.3 Å². The maximum absolute atomic E-state index is 5.86. The van der Waals surface area contributed by atoms with Crippen LogP contribution < -0.4 is 0 Å². The summed E-state index contributed by atoms with van der Waals surface area (Å²) in [6.07, 6.45) is 6.97. The van der Waals surface area contributed by atoms with Gasteiger partial charge in [-0.15, -0.1) is 6.42 Å². The molecule has 2 aromatic carbocycles. The maximum Gasteiger partial charge on any atom is 0.486 e. The van der Waals surface area contributed by atoms with Gasteiger partial charge in [0.05, 0.1) is 31.0 Å². The van der Waals surface area contributed by atoms with Crippen molar-refractivity contribution in [2.45, 2.75) is 52.1 Å². The molecule has 5 heteroatoms. The van der Waals surface area contributed by atoms with Crippen molar-refractivity contribution in [1.82, 2.24) is 0 Å². The van der Waals surface area contributed by atoms with Crippen LogP contribution in [0.2, 0.25) is 0 Å². The van der Waals surface area contributed by atoms with Gasteiger partial charge in [0, 0.05) is 0 Å². The van der Waals surface area contributed by atoms with Gasteiger partial charge in [0.2, 0.25) is 0 Å². The zero-order chi connectivity index (χ0) is 22.6. The Labute approximate surface area is 187 Å². The van der Waals surface area contributed by atoms with Gasteiger partial charge >= 0.3 is 7.12 Å². The zero-order valence-electron chi connectivity index (χ0n) is 19.0. The number of hydrogen-bond donors (Lipinski definition) is 0. The van der Waals surface area contributed by atoms with Crippen LogP contribution >= 0.6 is 0 Å². The van der Waals surface area contributed by atoms with E-state index in [2.05, 4.69) is 18.1 Å². The number of ether oxygens (including phenoxy) is 2. The number of rotatable bonds is 8. The van der Waals surface area contributed by atoms with Crippen LogP contribution in [0.4, 0.5) is 0 Å². The number of hydrogen-bond acceptors (Lipinski definition) is 4. The van der Waals surface area contributed by atoms with Crippen LogP contribution in [0.25, 0.3) is 0 Å². The summed E-state index contributed by atoms with van der Waals surface area (Å²) < 4.78 is 22.4. The van der Waals surface area contributed by atoms with Crippen molar-refractivity contribution >= 4 is 7.12 Å². The first-order valence-corrected chi connectivity index (χ1v) is 10.5. The lowest BCUT2D eigenvalue weighted by atomic mass is 9.90. The first kappa shape index (κ1) is 24.9. The van der Waals surface area contributed by atoms with Crippen LogP contribution in [0, 0.1) is 12.3 Å². The molecule has 0 spiro atoms. The lowest BCUT2D eigenvalue weighted by Crippen LogP contribution is -2.41. The second-order valence-electron chi connectivity index (χ2n) is 8.24. The highest BCUT2D eigenvalue weighted by molar-refractivity contribution is 6.51. The molecule has 2 aromatic rings. The van der Waals surface area contributed by atoms with E-state index in [4.69, 9.17) is 25.2 Å². The third kappa shape index (κ3) is 8.73. The van der Waals surface area contributed by atoms with E-state index in [1.807, 2.05) is 88.3 Å². The monoisotopic (exact) mass is 420 g/mol. The van der Waals surface area contributed by atoms with Crippen LogP contribution in [0.3, 0.4) is 0 Å². The maximum atomic E-state index is 5.86. The van der Waals surface area contributed by atoms with Crippen molar-refractivity contribution in [2.75, 3.05) is 13.2 Å². The third-order valence-electron chi connectivity index (χ3n) is 5.19. The molecule has 0 radical (unpaired) electrons. The Morgan fingerprint density at radius 1 is 0.839 bits per heavy atom. The lowest BCUT2D eigenvalue weighted by Gasteiger charge is -2.32. The predicted molar refractivity (Wildman–Crippen MR) is 126 cm³/mol. The van der Waals surface area contributed by atoms with Crippen molar-refractivity contribution in [1.29, 1.82) is 0 Å². The smallest absolute Gasteiger partial charge is 0.400 e. The molecule has 0 unspecified atom stereocenters. The van der Waals surface area contributed by atoms with E-state index >= 15 is 0 Å². The van der Waals surface area contributed by atoms with Crippen molar-refractivity contribution in [3.05, 3.63) is 83.8 Å². The third-order valence-corrected chi connectivity index (χ3v) is 5.19. The molecule has 1 aliphatic rings. The largest absolute Gasteiger partial charge is 0.486 e. The fourth-order valence-electron chi connectivity index (χ4n) is 2.75. The molecule has 4 nitrogen and oxygen atoms in total. The fraction of sp³-hybridized carbons (Fsp3) is 0.385. The summed E-state index contributed by atoms with van der Waals surface area (Å²) in [6.45, 7) is 10.4. The van der Waals surface area contributed by atoms with E-state index in [1.165, 1.54) is 5.56 Å². The molecule has 0 amide bonds. The molecule has 31 heavy (non-hydrogen) atoms. The van der Waals surface area contributed by atoms with Gasteiger partial charge in [0.1, 0.15) is 6.61 Å². The summed E-state index contributed by atoms with van der Waals surface area (Å²) in [5.74, 6) is 4.33. The summed E-state index contributed by atoms with van der Waals surface area (Å²) in [5.41, 5.74) is 1.76. The first-order chi connectivity index (χ1) is 14.8. The second-order valence-corrected chi connectivity index (χ2v) is 8.24. The van der Waals surface area contributed by atoms with E-state index in [1.54, 1.807) is 0 Å². The SMILES string of the molecule is C#CCOCc1ccccc1.CC1(C)OB(/C=C/COCc2ccccc2)OC1(C)C. The summed E-state index contributed by atoms with van der Waals surface area (Å²) in [5, 5.41) is 0. The molecular weight excluding hydrogens is 387 g/mol. The molecule has 0 N–H and O–H groups in total. The van der Waals surface area contributed by atoms with E-state index in [-0.39, 0.29) is 18.3 Å². The summed E-state index contributed by atoms with van der Waals surface area (Å²) in [6, 6.07) is 20.1. The van der Waals surface area contributed by atoms with Crippen molar-refractivity contribution in [3.63, 3.8) is 0 Å². The molecule has 0 aromatic heterocycles. The summed E-state index contributed by atoms with van der Waals surface area (Å²) >= 11 is 0. The molecule has 0 saturated carbocycles. The van der Waals surface area contributed by atoms with E-state index < -0.39 is 0 Å². The molecular formula is C26H33BO4. The van der Waals surface area contributed by atoms with Crippen molar-refractivity contribution < 1.29 is 18.8 Å². The van der Waals surface area contributed by atoms with Gasteiger partial charge in [-0.1, -0.05) is 78.6 Å². The number of terminal acetylenes is 1. The molecule has 1 aliphatic heterocycles. The second kappa shape index (κ2) is 12.5. The molecule has 0 aliphatic carbocycles. The topological polar surface area (TPSA) is 36.9 Å². The van der Waals surface area contributed by atoms with Gasteiger partial charge in [0.25, 0.3) is 0 Å². The highest BCUT2D eigenvalue weighted by Crippen LogP contribution is 2.36. The molecule has 1 heterocycles. The Kier molecular flexibility index (Phi) is 10.0. The quantitative estimate of drug-likeness (QED) is 0.333. The van der Waals surface area contributed by atoms with Crippen LogP contribution in [0.5, 0.6) is 0 Å². The van der Waals surface area contributed by atoms with Crippen LogP contribution in [0.15, 0.2) is 72.7 Å². The minimum absolute atomic E-state index is 0.285. The lowest BCUT2D eigenvalue weighted by molar-refractivity contribution is 0.00578. The van der Waals surface area contributed by atoms with Gasteiger partial charge in [0.15, 0.2) is 0 Å². The fourth-order valence-corrected chi connectivity index (χ4v) is 2.75.